The second-order valence-electron chi connectivity index (χ2n) is 7.38. The lowest BCUT2D eigenvalue weighted by molar-refractivity contribution is -0.138. The van der Waals surface area contributed by atoms with Crippen LogP contribution in [0.2, 0.25) is 0 Å². The van der Waals surface area contributed by atoms with Crippen LogP contribution in [-0.2, 0) is 16.0 Å². The van der Waals surface area contributed by atoms with E-state index in [1.807, 2.05) is 26.0 Å². The summed E-state index contributed by atoms with van der Waals surface area (Å²) in [7, 11) is 0. The number of aryl methyl sites for hydroxylation is 4. The number of carbonyl (C=O) groups is 1. The highest BCUT2D eigenvalue weighted by atomic mass is 32.1. The minimum absolute atomic E-state index is 0.0261. The normalized spacial score (nSPS) is 16.7. The molecule has 0 bridgehead atoms. The van der Waals surface area contributed by atoms with Crippen LogP contribution in [-0.4, -0.2) is 50.8 Å². The van der Waals surface area contributed by atoms with Gasteiger partial charge in [0, 0.05) is 22.8 Å². The number of amides is 1. The molecule has 1 N–H and O–H groups in total. The molecule has 30 heavy (non-hydrogen) atoms. The number of thiazole rings is 1. The van der Waals surface area contributed by atoms with Gasteiger partial charge in [0.05, 0.1) is 31.0 Å². The number of ether oxygens (including phenoxy) is 1. The summed E-state index contributed by atoms with van der Waals surface area (Å²) in [5.41, 5.74) is 4.79. The molecule has 0 saturated carbocycles. The topological polar surface area (TPSA) is 106 Å². The third-order valence-electron chi connectivity index (χ3n) is 5.07. The van der Waals surface area contributed by atoms with E-state index in [1.165, 1.54) is 4.88 Å². The SMILES string of the molecule is Cc1cc(Nc2nc(C)c(C)s2)cc(C2CN(C(=O)Cc3nonc3C)CCO2)n1. The lowest BCUT2D eigenvalue weighted by atomic mass is 10.1. The van der Waals surface area contributed by atoms with Gasteiger partial charge in [-0.3, -0.25) is 9.78 Å². The minimum atomic E-state index is -0.292. The van der Waals surface area contributed by atoms with Crippen molar-refractivity contribution < 1.29 is 14.2 Å². The van der Waals surface area contributed by atoms with Crippen LogP contribution in [0, 0.1) is 27.7 Å². The second kappa shape index (κ2) is 8.49. The Morgan fingerprint density at radius 2 is 2.03 bits per heavy atom. The molecule has 1 unspecified atom stereocenters. The lowest BCUT2D eigenvalue weighted by Gasteiger charge is -2.33. The zero-order valence-electron chi connectivity index (χ0n) is 17.4. The molecule has 3 aromatic rings. The molecule has 4 rings (SSSR count). The van der Waals surface area contributed by atoms with Gasteiger partial charge in [-0.1, -0.05) is 10.3 Å². The summed E-state index contributed by atoms with van der Waals surface area (Å²) in [6, 6.07) is 3.94. The van der Waals surface area contributed by atoms with E-state index in [0.29, 0.717) is 31.1 Å². The first-order chi connectivity index (χ1) is 14.4. The molecule has 0 aliphatic carbocycles. The molecule has 1 amide bonds. The van der Waals surface area contributed by atoms with E-state index >= 15 is 0 Å². The van der Waals surface area contributed by atoms with Gasteiger partial charge in [0.1, 0.15) is 17.5 Å². The predicted molar refractivity (Wildman–Crippen MR) is 112 cm³/mol. The maximum atomic E-state index is 12.7. The van der Waals surface area contributed by atoms with Gasteiger partial charge >= 0.3 is 0 Å². The van der Waals surface area contributed by atoms with Gasteiger partial charge in [-0.2, -0.15) is 0 Å². The van der Waals surface area contributed by atoms with Crippen molar-refractivity contribution in [1.29, 1.82) is 0 Å². The summed E-state index contributed by atoms with van der Waals surface area (Å²) >= 11 is 1.62. The van der Waals surface area contributed by atoms with Gasteiger partial charge < -0.3 is 15.0 Å². The Kier molecular flexibility index (Phi) is 5.78. The average Bonchev–Trinajstić information content (AvgIpc) is 3.25. The summed E-state index contributed by atoms with van der Waals surface area (Å²) in [6.07, 6.45) is -0.127. The number of pyridine rings is 1. The number of rotatable bonds is 5. The fourth-order valence-electron chi connectivity index (χ4n) is 3.30. The molecule has 0 spiro atoms. The molecule has 1 aliphatic rings. The first-order valence-corrected chi connectivity index (χ1v) is 10.6. The van der Waals surface area contributed by atoms with Crippen LogP contribution in [0.4, 0.5) is 10.8 Å². The van der Waals surface area contributed by atoms with Crippen molar-refractivity contribution in [3.63, 3.8) is 0 Å². The molecule has 10 heteroatoms. The highest BCUT2D eigenvalue weighted by Crippen LogP contribution is 2.28. The van der Waals surface area contributed by atoms with Gasteiger partial charge in [0.15, 0.2) is 5.13 Å². The number of morpholine rings is 1. The average molecular weight is 429 g/mol. The van der Waals surface area contributed by atoms with Crippen molar-refractivity contribution in [2.45, 2.75) is 40.2 Å². The fraction of sp³-hybridized carbons (Fsp3) is 0.450. The van der Waals surface area contributed by atoms with Crippen LogP contribution in [0.15, 0.2) is 16.8 Å². The zero-order valence-corrected chi connectivity index (χ0v) is 18.2. The summed E-state index contributed by atoms with van der Waals surface area (Å²) < 4.78 is 10.6. The first-order valence-electron chi connectivity index (χ1n) is 9.76. The Morgan fingerprint density at radius 1 is 1.20 bits per heavy atom. The van der Waals surface area contributed by atoms with Gasteiger partial charge in [0.25, 0.3) is 0 Å². The number of hydrogen-bond acceptors (Lipinski definition) is 9. The number of carbonyl (C=O) groups excluding carboxylic acids is 1. The first kappa shape index (κ1) is 20.4. The molecule has 9 nitrogen and oxygen atoms in total. The van der Waals surface area contributed by atoms with Crippen LogP contribution in [0.3, 0.4) is 0 Å². The summed E-state index contributed by atoms with van der Waals surface area (Å²) in [4.78, 5) is 24.9. The molecule has 1 aliphatic heterocycles. The number of hydrogen-bond donors (Lipinski definition) is 1. The van der Waals surface area contributed by atoms with E-state index in [-0.39, 0.29) is 18.4 Å². The van der Waals surface area contributed by atoms with Gasteiger partial charge in [-0.05, 0) is 39.8 Å². The van der Waals surface area contributed by atoms with Crippen molar-refractivity contribution in [3.8, 4) is 0 Å². The Hall–Kier alpha value is -2.85. The van der Waals surface area contributed by atoms with Crippen molar-refractivity contribution >= 4 is 28.1 Å². The molecule has 4 heterocycles. The molecule has 0 aromatic carbocycles. The highest BCUT2D eigenvalue weighted by molar-refractivity contribution is 7.15. The van der Waals surface area contributed by atoms with E-state index < -0.39 is 0 Å². The quantitative estimate of drug-likeness (QED) is 0.661. The molecule has 1 atom stereocenters. The third kappa shape index (κ3) is 4.49. The van der Waals surface area contributed by atoms with Gasteiger partial charge in [-0.25, -0.2) is 9.61 Å². The minimum Gasteiger partial charge on any atom is -0.368 e. The van der Waals surface area contributed by atoms with Crippen molar-refractivity contribution in [3.05, 3.63) is 45.5 Å². The summed E-state index contributed by atoms with van der Waals surface area (Å²) in [5, 5.41) is 11.8. The van der Waals surface area contributed by atoms with Crippen LogP contribution in [0.25, 0.3) is 0 Å². The Balaban J connectivity index is 1.48. The fourth-order valence-corrected chi connectivity index (χ4v) is 4.14. The van der Waals surface area contributed by atoms with E-state index in [4.69, 9.17) is 9.37 Å². The maximum Gasteiger partial charge on any atom is 0.228 e. The molecule has 3 aromatic heterocycles. The number of nitrogens with one attached hydrogen (secondary N) is 1. The van der Waals surface area contributed by atoms with Gasteiger partial charge in [0.2, 0.25) is 5.91 Å². The Morgan fingerprint density at radius 3 is 2.73 bits per heavy atom. The second-order valence-corrected chi connectivity index (χ2v) is 8.58. The molecular formula is C20H24N6O3S. The Labute approximate surface area is 178 Å². The zero-order chi connectivity index (χ0) is 21.3. The van der Waals surface area contributed by atoms with Crippen LogP contribution < -0.4 is 5.32 Å². The molecule has 1 saturated heterocycles. The highest BCUT2D eigenvalue weighted by Gasteiger charge is 2.27. The largest absolute Gasteiger partial charge is 0.368 e. The van der Waals surface area contributed by atoms with Crippen LogP contribution in [0.5, 0.6) is 0 Å². The Bertz CT molecular complexity index is 1040. The number of aromatic nitrogens is 4. The third-order valence-corrected chi connectivity index (χ3v) is 6.06. The number of nitrogens with zero attached hydrogens (tertiary/aromatic N) is 5. The molecular weight excluding hydrogens is 404 g/mol. The van der Waals surface area contributed by atoms with Crippen molar-refractivity contribution in [2.24, 2.45) is 0 Å². The van der Waals surface area contributed by atoms with Crippen LogP contribution >= 0.6 is 11.3 Å². The molecule has 1 fully saturated rings. The van der Waals surface area contributed by atoms with Gasteiger partial charge in [-0.15, -0.1) is 11.3 Å². The van der Waals surface area contributed by atoms with Crippen molar-refractivity contribution in [2.75, 3.05) is 25.0 Å². The standard InChI is InChI=1S/C20H24N6O3S/c1-11-7-15(23-20-22-12(2)14(4)30-20)8-17(21-11)18-10-26(5-6-28-18)19(27)9-16-13(3)24-29-25-16/h7-8,18H,5-6,9-10H2,1-4H3,(H,21,22,23). The molecule has 0 radical (unpaired) electrons. The van der Waals surface area contributed by atoms with E-state index in [0.717, 1.165) is 27.9 Å². The maximum absolute atomic E-state index is 12.7. The number of anilines is 2. The van der Waals surface area contributed by atoms with E-state index in [2.05, 4.69) is 32.5 Å². The van der Waals surface area contributed by atoms with Crippen molar-refractivity contribution in [1.82, 2.24) is 25.2 Å². The summed E-state index contributed by atoms with van der Waals surface area (Å²) in [5.74, 6) is -0.0261. The predicted octanol–water partition coefficient (Wildman–Crippen LogP) is 3.04. The smallest absolute Gasteiger partial charge is 0.228 e. The van der Waals surface area contributed by atoms with Crippen LogP contribution in [0.1, 0.15) is 39.5 Å². The summed E-state index contributed by atoms with van der Waals surface area (Å²) in [6.45, 7) is 9.20. The van der Waals surface area contributed by atoms with E-state index in [9.17, 15) is 4.79 Å². The monoisotopic (exact) mass is 428 g/mol. The van der Waals surface area contributed by atoms with E-state index in [1.54, 1.807) is 23.2 Å². The lowest BCUT2D eigenvalue weighted by Crippen LogP contribution is -2.43. The molecule has 158 valence electrons.